The van der Waals surface area contributed by atoms with Crippen molar-refractivity contribution in [1.29, 1.82) is 0 Å². The third-order valence-electron chi connectivity index (χ3n) is 3.82. The number of hydrogen-bond acceptors (Lipinski definition) is 4. The Hall–Kier alpha value is -2.00. The summed E-state index contributed by atoms with van der Waals surface area (Å²) in [6.45, 7) is 4.11. The molecule has 0 atom stereocenters. The molecule has 0 radical (unpaired) electrons. The summed E-state index contributed by atoms with van der Waals surface area (Å²) < 4.78 is 10.5. The molecule has 0 fully saturated rings. The second-order valence-corrected chi connectivity index (χ2v) is 6.65. The first kappa shape index (κ1) is 21.3. The molecule has 0 aliphatic heterocycles. The Balaban J connectivity index is 0.00000261. The molecule has 0 amide bonds. The predicted molar refractivity (Wildman–Crippen MR) is 122 cm³/mol. The fraction of sp³-hybridized carbons (Fsp3) is 0.250. The van der Waals surface area contributed by atoms with Gasteiger partial charge in [0.2, 0.25) is 0 Å². The van der Waals surface area contributed by atoms with Crippen LogP contribution in [-0.2, 0) is 13.1 Å². The van der Waals surface area contributed by atoms with Crippen molar-refractivity contribution in [3.8, 4) is 16.9 Å². The van der Waals surface area contributed by atoms with E-state index in [-0.39, 0.29) is 24.0 Å². The number of nitrogens with zero attached hydrogens (tertiary/aromatic N) is 1. The standard InChI is InChI=1S/C20H23N3O2S.HI/c1-3-21-20(22-12-18-5-4-10-25-18)23-13-19-11-16(14-26-19)15-6-8-17(24-2)9-7-15;/h4-11,14H,3,12-13H2,1-2H3,(H2,21,22,23);1H. The molecule has 0 aliphatic rings. The van der Waals surface area contributed by atoms with Crippen LogP contribution >= 0.6 is 35.3 Å². The number of ether oxygens (including phenoxy) is 1. The van der Waals surface area contributed by atoms with E-state index in [4.69, 9.17) is 9.15 Å². The van der Waals surface area contributed by atoms with Gasteiger partial charge in [-0.15, -0.1) is 35.3 Å². The number of thiophene rings is 1. The number of methoxy groups -OCH3 is 1. The Morgan fingerprint density at radius 3 is 2.63 bits per heavy atom. The Bertz CT molecular complexity index is 829. The Labute approximate surface area is 180 Å². The lowest BCUT2D eigenvalue weighted by Gasteiger charge is -2.10. The van der Waals surface area contributed by atoms with Crippen molar-refractivity contribution in [3.63, 3.8) is 0 Å². The van der Waals surface area contributed by atoms with Crippen LogP contribution in [0.3, 0.4) is 0 Å². The molecular weight excluding hydrogens is 473 g/mol. The lowest BCUT2D eigenvalue weighted by molar-refractivity contribution is 0.415. The highest BCUT2D eigenvalue weighted by molar-refractivity contribution is 14.0. The van der Waals surface area contributed by atoms with Gasteiger partial charge in [0.25, 0.3) is 0 Å². The van der Waals surface area contributed by atoms with Gasteiger partial charge in [-0.1, -0.05) is 12.1 Å². The third-order valence-corrected chi connectivity index (χ3v) is 4.76. The van der Waals surface area contributed by atoms with Gasteiger partial charge < -0.3 is 19.8 Å². The second-order valence-electron chi connectivity index (χ2n) is 5.66. The van der Waals surface area contributed by atoms with Crippen LogP contribution in [0.5, 0.6) is 5.75 Å². The Morgan fingerprint density at radius 1 is 1.15 bits per heavy atom. The maximum absolute atomic E-state index is 5.32. The highest BCUT2D eigenvalue weighted by Crippen LogP contribution is 2.27. The quantitative estimate of drug-likeness (QED) is 0.277. The number of guanidine groups is 1. The summed E-state index contributed by atoms with van der Waals surface area (Å²) in [6, 6.07) is 14.1. The van der Waals surface area contributed by atoms with E-state index in [2.05, 4.69) is 46.1 Å². The molecule has 0 spiro atoms. The van der Waals surface area contributed by atoms with Crippen LogP contribution in [0.4, 0.5) is 0 Å². The van der Waals surface area contributed by atoms with Crippen LogP contribution in [0.2, 0.25) is 0 Å². The molecule has 0 saturated heterocycles. The molecule has 0 bridgehead atoms. The van der Waals surface area contributed by atoms with Crippen LogP contribution < -0.4 is 15.4 Å². The number of furan rings is 1. The molecule has 2 heterocycles. The van der Waals surface area contributed by atoms with E-state index in [1.807, 2.05) is 24.3 Å². The van der Waals surface area contributed by atoms with Gasteiger partial charge >= 0.3 is 0 Å². The first-order valence-corrected chi connectivity index (χ1v) is 9.43. The normalized spacial score (nSPS) is 11.0. The number of aliphatic imine (C=N–C) groups is 1. The van der Waals surface area contributed by atoms with E-state index < -0.39 is 0 Å². The number of rotatable bonds is 7. The minimum absolute atomic E-state index is 0. The molecule has 27 heavy (non-hydrogen) atoms. The molecular formula is C20H24IN3O2S. The molecule has 3 aromatic rings. The summed E-state index contributed by atoms with van der Waals surface area (Å²) in [5, 5.41) is 8.80. The van der Waals surface area contributed by atoms with Crippen LogP contribution in [0, 0.1) is 0 Å². The fourth-order valence-corrected chi connectivity index (χ4v) is 3.31. The molecule has 144 valence electrons. The minimum atomic E-state index is 0. The van der Waals surface area contributed by atoms with E-state index in [0.717, 1.165) is 30.6 Å². The number of halogens is 1. The molecule has 0 aliphatic carbocycles. The summed E-state index contributed by atoms with van der Waals surface area (Å²) in [5.41, 5.74) is 2.40. The largest absolute Gasteiger partial charge is 0.497 e. The van der Waals surface area contributed by atoms with Gasteiger partial charge in [-0.3, -0.25) is 0 Å². The molecule has 0 saturated carbocycles. The van der Waals surface area contributed by atoms with Crippen molar-refractivity contribution >= 4 is 41.3 Å². The van der Waals surface area contributed by atoms with Gasteiger partial charge in [0, 0.05) is 11.4 Å². The highest BCUT2D eigenvalue weighted by Gasteiger charge is 2.05. The van der Waals surface area contributed by atoms with Gasteiger partial charge in [0.1, 0.15) is 18.1 Å². The average molecular weight is 497 g/mol. The van der Waals surface area contributed by atoms with Crippen molar-refractivity contribution in [2.75, 3.05) is 13.7 Å². The summed E-state index contributed by atoms with van der Waals surface area (Å²) >= 11 is 1.74. The lowest BCUT2D eigenvalue weighted by Crippen LogP contribution is -2.36. The van der Waals surface area contributed by atoms with Crippen LogP contribution in [-0.4, -0.2) is 19.6 Å². The SMILES string of the molecule is CCNC(=NCc1ccco1)NCc1cc(-c2ccc(OC)cc2)cs1.I. The summed E-state index contributed by atoms with van der Waals surface area (Å²) in [7, 11) is 1.68. The van der Waals surface area contributed by atoms with Crippen molar-refractivity contribution in [2.45, 2.75) is 20.0 Å². The first-order valence-electron chi connectivity index (χ1n) is 8.55. The van der Waals surface area contributed by atoms with Crippen molar-refractivity contribution in [1.82, 2.24) is 10.6 Å². The van der Waals surface area contributed by atoms with E-state index in [9.17, 15) is 0 Å². The Kier molecular flexibility index (Phi) is 8.66. The number of benzene rings is 1. The fourth-order valence-electron chi connectivity index (χ4n) is 2.48. The maximum Gasteiger partial charge on any atom is 0.191 e. The zero-order valence-corrected chi connectivity index (χ0v) is 18.5. The highest BCUT2D eigenvalue weighted by atomic mass is 127. The molecule has 2 N–H and O–H groups in total. The van der Waals surface area contributed by atoms with Crippen LogP contribution in [0.1, 0.15) is 17.6 Å². The summed E-state index contributed by atoms with van der Waals surface area (Å²) in [4.78, 5) is 5.80. The van der Waals surface area contributed by atoms with Gasteiger partial charge in [-0.25, -0.2) is 4.99 Å². The van der Waals surface area contributed by atoms with E-state index in [0.29, 0.717) is 6.54 Å². The molecule has 0 unspecified atom stereocenters. The van der Waals surface area contributed by atoms with E-state index >= 15 is 0 Å². The molecule has 1 aromatic carbocycles. The molecule has 3 rings (SSSR count). The summed E-state index contributed by atoms with van der Waals surface area (Å²) in [5.74, 6) is 2.50. The zero-order valence-electron chi connectivity index (χ0n) is 15.4. The molecule has 7 heteroatoms. The van der Waals surface area contributed by atoms with Gasteiger partial charge in [-0.05, 0) is 53.8 Å². The third kappa shape index (κ3) is 6.28. The maximum atomic E-state index is 5.32. The topological polar surface area (TPSA) is 58.8 Å². The first-order chi connectivity index (χ1) is 12.8. The second kappa shape index (κ2) is 11.0. The predicted octanol–water partition coefficient (Wildman–Crippen LogP) is 4.89. The van der Waals surface area contributed by atoms with Gasteiger partial charge in [-0.2, -0.15) is 0 Å². The molecule has 2 aromatic heterocycles. The van der Waals surface area contributed by atoms with E-state index in [1.165, 1.54) is 16.0 Å². The molecule has 5 nitrogen and oxygen atoms in total. The number of hydrogen-bond donors (Lipinski definition) is 2. The monoisotopic (exact) mass is 497 g/mol. The smallest absolute Gasteiger partial charge is 0.191 e. The lowest BCUT2D eigenvalue weighted by atomic mass is 10.1. The van der Waals surface area contributed by atoms with Crippen LogP contribution in [0.25, 0.3) is 11.1 Å². The van der Waals surface area contributed by atoms with Gasteiger partial charge in [0.05, 0.1) is 19.9 Å². The Morgan fingerprint density at radius 2 is 1.96 bits per heavy atom. The van der Waals surface area contributed by atoms with Gasteiger partial charge in [0.15, 0.2) is 5.96 Å². The minimum Gasteiger partial charge on any atom is -0.497 e. The van der Waals surface area contributed by atoms with E-state index in [1.54, 1.807) is 24.7 Å². The van der Waals surface area contributed by atoms with Crippen LogP contribution in [0.15, 0.2) is 63.5 Å². The average Bonchev–Trinajstić information content (AvgIpc) is 3.36. The van der Waals surface area contributed by atoms with Crippen molar-refractivity contribution in [3.05, 3.63) is 64.7 Å². The summed E-state index contributed by atoms with van der Waals surface area (Å²) in [6.07, 6.45) is 1.66. The zero-order chi connectivity index (χ0) is 18.2. The van der Waals surface area contributed by atoms with Crippen molar-refractivity contribution in [2.24, 2.45) is 4.99 Å². The number of nitrogens with one attached hydrogen (secondary N) is 2. The van der Waals surface area contributed by atoms with Crippen molar-refractivity contribution < 1.29 is 9.15 Å².